The zero-order valence-corrected chi connectivity index (χ0v) is 20.6. The Balaban J connectivity index is 1.63. The molecule has 1 heterocycles. The monoisotopic (exact) mass is 488 g/mol. The van der Waals surface area contributed by atoms with Crippen molar-refractivity contribution in [2.45, 2.75) is 89.8 Å². The van der Waals surface area contributed by atoms with Gasteiger partial charge in [0.2, 0.25) is 0 Å². The van der Waals surface area contributed by atoms with E-state index >= 15 is 4.39 Å². The minimum atomic E-state index is -0.465. The summed E-state index contributed by atoms with van der Waals surface area (Å²) in [4.78, 5) is 38.3. The molecule has 0 aliphatic heterocycles. The summed E-state index contributed by atoms with van der Waals surface area (Å²) in [7, 11) is 0. The third kappa shape index (κ3) is 5.94. The summed E-state index contributed by atoms with van der Waals surface area (Å²) in [5.41, 5.74) is 0.0851. The maximum Gasteiger partial charge on any atom is 0.331 e. The smallest absolute Gasteiger partial charge is 0.331 e. The summed E-state index contributed by atoms with van der Waals surface area (Å²) in [5, 5.41) is 6.55. The first-order valence-corrected chi connectivity index (χ1v) is 13.1. The van der Waals surface area contributed by atoms with Crippen LogP contribution in [0.4, 0.5) is 10.1 Å². The number of carbonyl (C=O) groups excluding carboxylic acids is 1. The Labute approximate surface area is 204 Å². The van der Waals surface area contributed by atoms with Crippen molar-refractivity contribution in [2.75, 3.05) is 25.0 Å². The van der Waals surface area contributed by atoms with Crippen LogP contribution in [0.1, 0.15) is 77.2 Å². The van der Waals surface area contributed by atoms with E-state index in [4.69, 9.17) is 4.74 Å². The predicted molar refractivity (Wildman–Crippen MR) is 135 cm³/mol. The fraction of sp³-hybridized carbons (Fsp3) is 0.654. The highest BCUT2D eigenvalue weighted by atomic mass is 19.1. The van der Waals surface area contributed by atoms with Crippen LogP contribution in [0.2, 0.25) is 0 Å². The second kappa shape index (κ2) is 11.8. The third-order valence-electron chi connectivity index (χ3n) is 7.22. The van der Waals surface area contributed by atoms with Crippen molar-refractivity contribution < 1.29 is 13.9 Å². The minimum absolute atomic E-state index is 0.00628. The molecule has 0 unspecified atom stereocenters. The van der Waals surface area contributed by atoms with Gasteiger partial charge in [-0.2, -0.15) is 0 Å². The number of esters is 1. The van der Waals surface area contributed by atoms with Gasteiger partial charge in [-0.3, -0.25) is 18.7 Å². The molecule has 0 radical (unpaired) electrons. The van der Waals surface area contributed by atoms with E-state index in [0.717, 1.165) is 51.4 Å². The highest BCUT2D eigenvalue weighted by Gasteiger charge is 2.25. The molecule has 8 nitrogen and oxygen atoms in total. The maximum atomic E-state index is 15.1. The largest absolute Gasteiger partial charge is 0.465 e. The number of ether oxygens (including phenoxy) is 1. The average Bonchev–Trinajstić information content (AvgIpc) is 3.37. The lowest BCUT2D eigenvalue weighted by atomic mass is 9.95. The second-order valence-corrected chi connectivity index (χ2v) is 9.71. The molecule has 1 aromatic heterocycles. The molecule has 2 fully saturated rings. The fourth-order valence-corrected chi connectivity index (χ4v) is 5.45. The van der Waals surface area contributed by atoms with Crippen LogP contribution in [-0.4, -0.2) is 40.8 Å². The van der Waals surface area contributed by atoms with Crippen molar-refractivity contribution in [3.63, 3.8) is 0 Å². The summed E-state index contributed by atoms with van der Waals surface area (Å²) >= 11 is 0. The number of hydrogen-bond acceptors (Lipinski definition) is 6. The zero-order chi connectivity index (χ0) is 24.8. The normalized spacial score (nSPS) is 17.2. The van der Waals surface area contributed by atoms with Crippen LogP contribution in [-0.2, 0) is 16.1 Å². The standard InChI is InChI=1S/C26H37FN4O4/c1-2-35-24(32)17-28-13-8-14-30-25(33)20-15-21(27)22(29-18-9-4-3-5-10-18)16-23(20)31(26(30)34)19-11-6-7-12-19/h15-16,18-19,28-29H,2-14,17H2,1H3. The van der Waals surface area contributed by atoms with Gasteiger partial charge in [0.1, 0.15) is 5.82 Å². The topological polar surface area (TPSA) is 94.4 Å². The van der Waals surface area contributed by atoms with Gasteiger partial charge in [-0.15, -0.1) is 0 Å². The lowest BCUT2D eigenvalue weighted by molar-refractivity contribution is -0.141. The maximum absolute atomic E-state index is 15.1. The van der Waals surface area contributed by atoms with Crippen molar-refractivity contribution in [2.24, 2.45) is 0 Å². The molecule has 0 atom stereocenters. The first kappa shape index (κ1) is 25.4. The van der Waals surface area contributed by atoms with E-state index in [1.165, 1.54) is 17.1 Å². The lowest BCUT2D eigenvalue weighted by Crippen LogP contribution is -2.42. The molecule has 4 rings (SSSR count). The molecule has 1 aromatic carbocycles. The molecule has 0 amide bonds. The number of aromatic nitrogens is 2. The highest BCUT2D eigenvalue weighted by Crippen LogP contribution is 2.32. The van der Waals surface area contributed by atoms with Gasteiger partial charge in [-0.05, 0) is 57.7 Å². The summed E-state index contributed by atoms with van der Waals surface area (Å²) in [5.74, 6) is -0.800. The molecule has 192 valence electrons. The van der Waals surface area contributed by atoms with Crippen LogP contribution >= 0.6 is 0 Å². The quantitative estimate of drug-likeness (QED) is 0.391. The Hall–Kier alpha value is -2.68. The number of rotatable bonds is 10. The number of nitrogens with zero attached hydrogens (tertiary/aromatic N) is 2. The Kier molecular flexibility index (Phi) is 8.59. The minimum Gasteiger partial charge on any atom is -0.465 e. The zero-order valence-electron chi connectivity index (χ0n) is 20.6. The van der Waals surface area contributed by atoms with Crippen LogP contribution in [0.15, 0.2) is 21.7 Å². The van der Waals surface area contributed by atoms with Gasteiger partial charge < -0.3 is 15.4 Å². The van der Waals surface area contributed by atoms with E-state index < -0.39 is 11.4 Å². The molecule has 0 saturated heterocycles. The van der Waals surface area contributed by atoms with E-state index in [2.05, 4.69) is 10.6 Å². The molecule has 2 aromatic rings. The number of anilines is 1. The molecule has 2 saturated carbocycles. The van der Waals surface area contributed by atoms with Crippen LogP contribution in [0.5, 0.6) is 0 Å². The molecule has 2 aliphatic carbocycles. The third-order valence-corrected chi connectivity index (χ3v) is 7.22. The van der Waals surface area contributed by atoms with E-state index in [1.54, 1.807) is 17.6 Å². The molecular formula is C26H37FN4O4. The summed E-state index contributed by atoms with van der Waals surface area (Å²) in [6.07, 6.45) is 9.74. The number of carbonyl (C=O) groups is 1. The molecule has 2 aliphatic rings. The average molecular weight is 489 g/mol. The van der Waals surface area contributed by atoms with Gasteiger partial charge in [-0.25, -0.2) is 9.18 Å². The summed E-state index contributed by atoms with van der Waals surface area (Å²) in [6.45, 7) is 2.79. The summed E-state index contributed by atoms with van der Waals surface area (Å²) in [6, 6.07) is 3.19. The molecular weight excluding hydrogens is 451 g/mol. The number of hydrogen-bond donors (Lipinski definition) is 2. The first-order valence-electron chi connectivity index (χ1n) is 13.1. The van der Waals surface area contributed by atoms with Gasteiger partial charge in [0.05, 0.1) is 29.7 Å². The first-order chi connectivity index (χ1) is 17.0. The fourth-order valence-electron chi connectivity index (χ4n) is 5.45. The number of halogens is 1. The van der Waals surface area contributed by atoms with Gasteiger partial charge in [0, 0.05) is 18.6 Å². The van der Waals surface area contributed by atoms with Crippen molar-refractivity contribution in [3.05, 3.63) is 38.8 Å². The van der Waals surface area contributed by atoms with E-state index in [9.17, 15) is 14.4 Å². The molecule has 0 bridgehead atoms. The number of nitrogens with one attached hydrogen (secondary N) is 2. The molecule has 2 N–H and O–H groups in total. The second-order valence-electron chi connectivity index (χ2n) is 9.71. The number of benzene rings is 1. The van der Waals surface area contributed by atoms with Crippen molar-refractivity contribution >= 4 is 22.6 Å². The Morgan fingerprint density at radius 2 is 1.80 bits per heavy atom. The van der Waals surface area contributed by atoms with Gasteiger partial charge in [-0.1, -0.05) is 32.1 Å². The van der Waals surface area contributed by atoms with Crippen LogP contribution in [0, 0.1) is 5.82 Å². The van der Waals surface area contributed by atoms with Gasteiger partial charge in [0.15, 0.2) is 0 Å². The molecule has 35 heavy (non-hydrogen) atoms. The molecule has 0 spiro atoms. The van der Waals surface area contributed by atoms with Crippen LogP contribution < -0.4 is 21.9 Å². The predicted octanol–water partition coefficient (Wildman–Crippen LogP) is 3.70. The van der Waals surface area contributed by atoms with E-state index in [0.29, 0.717) is 30.8 Å². The highest BCUT2D eigenvalue weighted by molar-refractivity contribution is 5.82. The Morgan fingerprint density at radius 3 is 2.51 bits per heavy atom. The Morgan fingerprint density at radius 1 is 1.09 bits per heavy atom. The van der Waals surface area contributed by atoms with E-state index in [-0.39, 0.29) is 42.2 Å². The van der Waals surface area contributed by atoms with Crippen molar-refractivity contribution in [1.29, 1.82) is 0 Å². The van der Waals surface area contributed by atoms with Crippen LogP contribution in [0.25, 0.3) is 10.9 Å². The van der Waals surface area contributed by atoms with Crippen LogP contribution in [0.3, 0.4) is 0 Å². The van der Waals surface area contributed by atoms with E-state index in [1.807, 2.05) is 0 Å². The van der Waals surface area contributed by atoms with Crippen molar-refractivity contribution in [3.8, 4) is 0 Å². The molecule has 9 heteroatoms. The van der Waals surface area contributed by atoms with Crippen molar-refractivity contribution in [1.82, 2.24) is 14.5 Å². The number of fused-ring (bicyclic) bond motifs is 1. The lowest BCUT2D eigenvalue weighted by Gasteiger charge is -2.25. The van der Waals surface area contributed by atoms with Gasteiger partial charge >= 0.3 is 11.7 Å². The SMILES string of the molecule is CCOC(=O)CNCCCn1c(=O)c2cc(F)c(NC3CCCCC3)cc2n(C2CCCC2)c1=O. The Bertz CT molecular complexity index is 1150. The summed E-state index contributed by atoms with van der Waals surface area (Å²) < 4.78 is 23.0. The van der Waals surface area contributed by atoms with Gasteiger partial charge in [0.25, 0.3) is 5.56 Å².